The third kappa shape index (κ3) is 3.96. The van der Waals surface area contributed by atoms with E-state index in [1.54, 1.807) is 0 Å². The van der Waals surface area contributed by atoms with Gasteiger partial charge in [-0.3, -0.25) is 9.69 Å². The Labute approximate surface area is 104 Å². The molecule has 0 radical (unpaired) electrons. The van der Waals surface area contributed by atoms with Crippen molar-refractivity contribution in [3.8, 4) is 0 Å². The van der Waals surface area contributed by atoms with Crippen molar-refractivity contribution in [2.75, 3.05) is 6.54 Å². The van der Waals surface area contributed by atoms with Gasteiger partial charge in [0, 0.05) is 24.7 Å². The number of carboxylic acid groups (broad SMARTS) is 1. The summed E-state index contributed by atoms with van der Waals surface area (Å²) in [5.74, 6) is -0.743. The van der Waals surface area contributed by atoms with Gasteiger partial charge in [0.2, 0.25) is 0 Å². The minimum absolute atomic E-state index is 0.203. The molecule has 3 atom stereocenters. The van der Waals surface area contributed by atoms with Crippen molar-refractivity contribution in [3.05, 3.63) is 0 Å². The van der Waals surface area contributed by atoms with E-state index in [1.807, 2.05) is 13.8 Å². The van der Waals surface area contributed by atoms with Crippen LogP contribution in [-0.2, 0) is 4.79 Å². The summed E-state index contributed by atoms with van der Waals surface area (Å²) in [6, 6.07) is 0.815. The van der Waals surface area contributed by atoms with Gasteiger partial charge in [0.25, 0.3) is 0 Å². The zero-order chi connectivity index (χ0) is 13.0. The number of likely N-dealkylation sites (tertiary alicyclic amines) is 1. The first kappa shape index (κ1) is 14.5. The minimum atomic E-state index is -0.743. The number of rotatable bonds is 6. The second-order valence-electron chi connectivity index (χ2n) is 5.40. The largest absolute Gasteiger partial charge is 0.480 e. The average Bonchev–Trinajstić information content (AvgIpc) is 2.58. The van der Waals surface area contributed by atoms with E-state index < -0.39 is 12.0 Å². The van der Waals surface area contributed by atoms with Crippen LogP contribution in [0, 0.1) is 0 Å². The van der Waals surface area contributed by atoms with E-state index in [9.17, 15) is 9.90 Å². The predicted molar refractivity (Wildman–Crippen MR) is 69.2 cm³/mol. The SMILES string of the molecule is CCC1CCC(C)N1CC(NC(C)C)C(=O)O. The molecule has 0 saturated carbocycles. The van der Waals surface area contributed by atoms with Gasteiger partial charge in [-0.1, -0.05) is 20.8 Å². The molecule has 3 unspecified atom stereocenters. The molecule has 0 spiro atoms. The van der Waals surface area contributed by atoms with Crippen LogP contribution < -0.4 is 5.32 Å². The topological polar surface area (TPSA) is 52.6 Å². The van der Waals surface area contributed by atoms with Gasteiger partial charge >= 0.3 is 5.97 Å². The fraction of sp³-hybridized carbons (Fsp3) is 0.923. The number of nitrogens with zero attached hydrogens (tertiary/aromatic N) is 1. The molecule has 0 aliphatic carbocycles. The van der Waals surface area contributed by atoms with Crippen molar-refractivity contribution in [3.63, 3.8) is 0 Å². The highest BCUT2D eigenvalue weighted by atomic mass is 16.4. The molecule has 1 saturated heterocycles. The molecule has 4 heteroatoms. The maximum Gasteiger partial charge on any atom is 0.322 e. The molecule has 0 amide bonds. The van der Waals surface area contributed by atoms with Crippen molar-refractivity contribution >= 4 is 5.97 Å². The summed E-state index contributed by atoms with van der Waals surface area (Å²) >= 11 is 0. The molecule has 0 aromatic rings. The van der Waals surface area contributed by atoms with E-state index in [2.05, 4.69) is 24.1 Å². The highest BCUT2D eigenvalue weighted by molar-refractivity contribution is 5.73. The average molecular weight is 242 g/mol. The summed E-state index contributed by atoms with van der Waals surface area (Å²) in [4.78, 5) is 13.6. The Hall–Kier alpha value is -0.610. The van der Waals surface area contributed by atoms with Crippen LogP contribution in [0.5, 0.6) is 0 Å². The Kier molecular flexibility index (Phi) is 5.40. The molecule has 0 bridgehead atoms. The lowest BCUT2D eigenvalue weighted by Crippen LogP contribution is -2.51. The van der Waals surface area contributed by atoms with E-state index >= 15 is 0 Å². The van der Waals surface area contributed by atoms with E-state index in [1.165, 1.54) is 12.8 Å². The molecule has 100 valence electrons. The first-order valence-corrected chi connectivity index (χ1v) is 6.70. The molecule has 17 heavy (non-hydrogen) atoms. The van der Waals surface area contributed by atoms with Crippen molar-refractivity contribution < 1.29 is 9.90 Å². The highest BCUT2D eigenvalue weighted by Gasteiger charge is 2.32. The Balaban J connectivity index is 2.61. The third-order valence-corrected chi connectivity index (χ3v) is 3.65. The molecule has 0 aromatic carbocycles. The number of hydrogen-bond acceptors (Lipinski definition) is 3. The van der Waals surface area contributed by atoms with Crippen LogP contribution in [0.4, 0.5) is 0 Å². The van der Waals surface area contributed by atoms with Gasteiger partial charge < -0.3 is 10.4 Å². The molecule has 4 nitrogen and oxygen atoms in total. The van der Waals surface area contributed by atoms with E-state index in [0.29, 0.717) is 18.6 Å². The summed E-state index contributed by atoms with van der Waals surface area (Å²) in [5, 5.41) is 12.4. The lowest BCUT2D eigenvalue weighted by atomic mass is 10.1. The summed E-state index contributed by atoms with van der Waals surface area (Å²) < 4.78 is 0. The summed E-state index contributed by atoms with van der Waals surface area (Å²) in [6.07, 6.45) is 3.50. The normalized spacial score (nSPS) is 27.6. The van der Waals surface area contributed by atoms with Gasteiger partial charge in [0.05, 0.1) is 0 Å². The molecule has 1 fully saturated rings. The maximum atomic E-state index is 11.2. The van der Waals surface area contributed by atoms with Crippen LogP contribution >= 0.6 is 0 Å². The number of carboxylic acids is 1. The first-order valence-electron chi connectivity index (χ1n) is 6.70. The smallest absolute Gasteiger partial charge is 0.322 e. The first-order chi connectivity index (χ1) is 7.95. The van der Waals surface area contributed by atoms with Crippen molar-refractivity contribution in [2.24, 2.45) is 0 Å². The van der Waals surface area contributed by atoms with Crippen LogP contribution in [-0.4, -0.2) is 46.7 Å². The summed E-state index contributed by atoms with van der Waals surface area (Å²) in [7, 11) is 0. The Morgan fingerprint density at radius 2 is 2.12 bits per heavy atom. The molecule has 1 rings (SSSR count). The highest BCUT2D eigenvalue weighted by Crippen LogP contribution is 2.25. The van der Waals surface area contributed by atoms with Crippen molar-refractivity contribution in [1.29, 1.82) is 0 Å². The fourth-order valence-electron chi connectivity index (χ4n) is 2.71. The van der Waals surface area contributed by atoms with Gasteiger partial charge in [-0.25, -0.2) is 0 Å². The standard InChI is InChI=1S/C13H26N2O2/c1-5-11-7-6-10(4)15(11)8-12(13(16)17)14-9(2)3/h9-12,14H,5-8H2,1-4H3,(H,16,17). The van der Waals surface area contributed by atoms with E-state index in [-0.39, 0.29) is 6.04 Å². The van der Waals surface area contributed by atoms with Gasteiger partial charge in [-0.05, 0) is 26.2 Å². The Bertz CT molecular complexity index is 256. The molecule has 1 aliphatic rings. The van der Waals surface area contributed by atoms with Crippen LogP contribution in [0.25, 0.3) is 0 Å². The zero-order valence-corrected chi connectivity index (χ0v) is 11.4. The number of carbonyl (C=O) groups is 1. The van der Waals surface area contributed by atoms with Gasteiger partial charge in [0.1, 0.15) is 6.04 Å². The summed E-state index contributed by atoms with van der Waals surface area (Å²) in [5.41, 5.74) is 0. The number of hydrogen-bond donors (Lipinski definition) is 2. The second-order valence-corrected chi connectivity index (χ2v) is 5.40. The van der Waals surface area contributed by atoms with Crippen LogP contribution in [0.1, 0.15) is 47.0 Å². The Morgan fingerprint density at radius 1 is 1.47 bits per heavy atom. The zero-order valence-electron chi connectivity index (χ0n) is 11.4. The minimum Gasteiger partial charge on any atom is -0.480 e. The molecule has 1 aliphatic heterocycles. The van der Waals surface area contributed by atoms with E-state index in [0.717, 1.165) is 6.42 Å². The molecule has 0 aromatic heterocycles. The van der Waals surface area contributed by atoms with Gasteiger partial charge in [0.15, 0.2) is 0 Å². The lowest BCUT2D eigenvalue weighted by Gasteiger charge is -2.31. The van der Waals surface area contributed by atoms with Crippen LogP contribution in [0.15, 0.2) is 0 Å². The van der Waals surface area contributed by atoms with Gasteiger partial charge in [-0.15, -0.1) is 0 Å². The molecular weight excluding hydrogens is 216 g/mol. The number of nitrogens with one attached hydrogen (secondary N) is 1. The predicted octanol–water partition coefficient (Wildman–Crippen LogP) is 1.70. The fourth-order valence-corrected chi connectivity index (χ4v) is 2.71. The summed E-state index contributed by atoms with van der Waals surface area (Å²) in [6.45, 7) is 8.97. The monoisotopic (exact) mass is 242 g/mol. The van der Waals surface area contributed by atoms with Crippen molar-refractivity contribution in [1.82, 2.24) is 10.2 Å². The second kappa shape index (κ2) is 6.36. The molecular formula is C13H26N2O2. The molecule has 2 N–H and O–H groups in total. The van der Waals surface area contributed by atoms with Crippen molar-refractivity contribution in [2.45, 2.75) is 71.1 Å². The Morgan fingerprint density at radius 3 is 2.59 bits per heavy atom. The van der Waals surface area contributed by atoms with Crippen LogP contribution in [0.3, 0.4) is 0 Å². The number of aliphatic carboxylic acids is 1. The third-order valence-electron chi connectivity index (χ3n) is 3.65. The van der Waals surface area contributed by atoms with E-state index in [4.69, 9.17) is 0 Å². The maximum absolute atomic E-state index is 11.2. The quantitative estimate of drug-likeness (QED) is 0.744. The lowest BCUT2D eigenvalue weighted by molar-refractivity contribution is -0.140. The van der Waals surface area contributed by atoms with Gasteiger partial charge in [-0.2, -0.15) is 0 Å². The van der Waals surface area contributed by atoms with Crippen LogP contribution in [0.2, 0.25) is 0 Å². The molecule has 1 heterocycles.